The van der Waals surface area contributed by atoms with Gasteiger partial charge in [0.1, 0.15) is 12.3 Å². The third-order valence-electron chi connectivity index (χ3n) is 5.75. The number of aryl methyl sites for hydroxylation is 1. The Labute approximate surface area is 257 Å². The number of nitrogens with one attached hydrogen (secondary N) is 2. The third kappa shape index (κ3) is 8.65. The van der Waals surface area contributed by atoms with E-state index < -0.39 is 22.5 Å². The van der Waals surface area contributed by atoms with Gasteiger partial charge in [0.2, 0.25) is 0 Å². The second-order valence-corrected chi connectivity index (χ2v) is 12.2. The SMILES string of the molecule is Cc1ccc(S(=O)(=O)N(CC(=O)N/N=C\c2ccc(OCC(=O)Nc3cccc(Cl)c3)cc2)c2cccc(Br)c2)cc1. The first-order valence-electron chi connectivity index (χ1n) is 12.6. The van der Waals surface area contributed by atoms with Gasteiger partial charge in [-0.3, -0.25) is 13.9 Å². The Kier molecular flexibility index (Phi) is 10.3. The van der Waals surface area contributed by atoms with Crippen molar-refractivity contribution in [3.63, 3.8) is 0 Å². The summed E-state index contributed by atoms with van der Waals surface area (Å²) >= 11 is 9.28. The average Bonchev–Trinajstić information content (AvgIpc) is 2.95. The number of sulfonamides is 1. The molecule has 9 nitrogen and oxygen atoms in total. The number of hydrazone groups is 1. The maximum atomic E-state index is 13.5. The molecule has 4 aromatic rings. The fourth-order valence-corrected chi connectivity index (χ4v) is 5.68. The number of carbonyl (C=O) groups excluding carboxylic acids is 2. The van der Waals surface area contributed by atoms with Gasteiger partial charge < -0.3 is 10.1 Å². The maximum absolute atomic E-state index is 13.5. The van der Waals surface area contributed by atoms with Crippen LogP contribution in [-0.2, 0) is 19.6 Å². The lowest BCUT2D eigenvalue weighted by Gasteiger charge is -2.24. The van der Waals surface area contributed by atoms with Crippen LogP contribution in [0.4, 0.5) is 11.4 Å². The van der Waals surface area contributed by atoms with Crippen molar-refractivity contribution in [3.8, 4) is 5.75 Å². The minimum Gasteiger partial charge on any atom is -0.484 e. The number of rotatable bonds is 11. The van der Waals surface area contributed by atoms with Crippen LogP contribution >= 0.6 is 27.5 Å². The monoisotopic (exact) mass is 668 g/mol. The van der Waals surface area contributed by atoms with Crippen LogP contribution in [0, 0.1) is 6.92 Å². The number of nitrogens with zero attached hydrogens (tertiary/aromatic N) is 2. The molecule has 0 aliphatic carbocycles. The Hall–Kier alpha value is -4.19. The number of hydrogen-bond donors (Lipinski definition) is 2. The van der Waals surface area contributed by atoms with Crippen LogP contribution in [0.15, 0.2) is 112 Å². The van der Waals surface area contributed by atoms with Crippen LogP contribution in [0.3, 0.4) is 0 Å². The largest absolute Gasteiger partial charge is 0.484 e. The maximum Gasteiger partial charge on any atom is 0.264 e. The van der Waals surface area contributed by atoms with Gasteiger partial charge in [0.15, 0.2) is 6.61 Å². The first kappa shape index (κ1) is 30.8. The van der Waals surface area contributed by atoms with E-state index in [0.717, 1.165) is 9.87 Å². The minimum atomic E-state index is -4.04. The molecule has 0 aliphatic rings. The summed E-state index contributed by atoms with van der Waals surface area (Å²) in [5, 5.41) is 7.17. The molecule has 0 aliphatic heterocycles. The van der Waals surface area contributed by atoms with E-state index in [0.29, 0.717) is 32.2 Å². The molecule has 0 saturated carbocycles. The smallest absolute Gasteiger partial charge is 0.264 e. The number of benzene rings is 4. The zero-order valence-corrected chi connectivity index (χ0v) is 25.5. The molecule has 0 bridgehead atoms. The molecule has 42 heavy (non-hydrogen) atoms. The van der Waals surface area contributed by atoms with E-state index in [1.54, 1.807) is 84.9 Å². The standard InChI is InChI=1S/C30H26BrClN4O5S/c1-21-8-14-28(15-9-21)42(39,40)36(26-7-2-4-23(31)16-26)19-29(37)35-33-18-22-10-12-27(13-11-22)41-20-30(38)34-25-6-3-5-24(32)17-25/h2-18H,19-20H2,1H3,(H,34,38)(H,35,37)/b33-18-. The van der Waals surface area contributed by atoms with Crippen molar-refractivity contribution in [2.45, 2.75) is 11.8 Å². The van der Waals surface area contributed by atoms with Crippen molar-refractivity contribution in [3.05, 3.63) is 118 Å². The zero-order valence-electron chi connectivity index (χ0n) is 22.3. The molecule has 0 radical (unpaired) electrons. The fourth-order valence-electron chi connectivity index (χ4n) is 3.69. The van der Waals surface area contributed by atoms with Crippen LogP contribution < -0.4 is 19.8 Å². The summed E-state index contributed by atoms with van der Waals surface area (Å²) in [6, 6.07) is 26.6. The van der Waals surface area contributed by atoms with E-state index in [1.165, 1.54) is 18.3 Å². The Bertz CT molecular complexity index is 1700. The molecule has 0 heterocycles. The van der Waals surface area contributed by atoms with Crippen LogP contribution in [0.25, 0.3) is 0 Å². The summed E-state index contributed by atoms with van der Waals surface area (Å²) in [5.41, 5.74) is 4.82. The Morgan fingerprint density at radius 3 is 2.36 bits per heavy atom. The summed E-state index contributed by atoms with van der Waals surface area (Å²) in [4.78, 5) is 25.0. The first-order valence-corrected chi connectivity index (χ1v) is 15.2. The van der Waals surface area contributed by atoms with Crippen molar-refractivity contribution in [2.75, 3.05) is 22.8 Å². The number of carbonyl (C=O) groups is 2. The van der Waals surface area contributed by atoms with Crippen LogP contribution in [-0.4, -0.2) is 39.6 Å². The van der Waals surface area contributed by atoms with Gasteiger partial charge in [-0.25, -0.2) is 13.8 Å². The second-order valence-electron chi connectivity index (χ2n) is 9.01. The number of hydrogen-bond acceptors (Lipinski definition) is 6. The molecule has 0 unspecified atom stereocenters. The van der Waals surface area contributed by atoms with Gasteiger partial charge in [0.25, 0.3) is 21.8 Å². The first-order chi connectivity index (χ1) is 20.1. The van der Waals surface area contributed by atoms with Crippen LogP contribution in [0.1, 0.15) is 11.1 Å². The average molecular weight is 670 g/mol. The predicted octanol–water partition coefficient (Wildman–Crippen LogP) is 5.77. The molecule has 12 heteroatoms. The van der Waals surface area contributed by atoms with E-state index in [1.807, 2.05) is 6.92 Å². The molecule has 0 saturated heterocycles. The Morgan fingerprint density at radius 2 is 1.67 bits per heavy atom. The summed E-state index contributed by atoms with van der Waals surface area (Å²) in [7, 11) is -4.04. The van der Waals surface area contributed by atoms with Crippen molar-refractivity contribution in [2.24, 2.45) is 5.10 Å². The molecule has 0 aromatic heterocycles. The van der Waals surface area contributed by atoms with E-state index in [-0.39, 0.29) is 17.4 Å². The van der Waals surface area contributed by atoms with E-state index >= 15 is 0 Å². The molecule has 216 valence electrons. The number of anilines is 2. The molecule has 4 aromatic carbocycles. The molecule has 0 fully saturated rings. The lowest BCUT2D eigenvalue weighted by Crippen LogP contribution is -2.39. The number of amides is 2. The highest BCUT2D eigenvalue weighted by atomic mass is 79.9. The molecule has 2 N–H and O–H groups in total. The highest BCUT2D eigenvalue weighted by Crippen LogP contribution is 2.26. The van der Waals surface area contributed by atoms with Crippen LogP contribution in [0.5, 0.6) is 5.75 Å². The van der Waals surface area contributed by atoms with Gasteiger partial charge >= 0.3 is 0 Å². The van der Waals surface area contributed by atoms with E-state index in [4.69, 9.17) is 16.3 Å². The number of halogens is 2. The van der Waals surface area contributed by atoms with Gasteiger partial charge in [0, 0.05) is 15.2 Å². The van der Waals surface area contributed by atoms with Crippen molar-refractivity contribution in [1.82, 2.24) is 5.43 Å². The predicted molar refractivity (Wildman–Crippen MR) is 168 cm³/mol. The van der Waals surface area contributed by atoms with Gasteiger partial charge in [-0.15, -0.1) is 0 Å². The van der Waals surface area contributed by atoms with Gasteiger partial charge in [-0.2, -0.15) is 5.10 Å². The van der Waals surface area contributed by atoms with Crippen molar-refractivity contribution < 1.29 is 22.7 Å². The zero-order chi connectivity index (χ0) is 30.1. The Balaban J connectivity index is 1.35. The molecule has 0 atom stereocenters. The quantitative estimate of drug-likeness (QED) is 0.155. The molecule has 2 amide bonds. The summed E-state index contributed by atoms with van der Waals surface area (Å²) in [6.45, 7) is 1.17. The lowest BCUT2D eigenvalue weighted by molar-refractivity contribution is -0.119. The normalized spacial score (nSPS) is 11.2. The minimum absolute atomic E-state index is 0.0635. The third-order valence-corrected chi connectivity index (χ3v) is 8.27. The summed E-state index contributed by atoms with van der Waals surface area (Å²) in [6.07, 6.45) is 1.41. The van der Waals surface area contributed by atoms with E-state index in [9.17, 15) is 18.0 Å². The summed E-state index contributed by atoms with van der Waals surface area (Å²) < 4.78 is 34.1. The molecular weight excluding hydrogens is 644 g/mol. The fraction of sp³-hybridized carbons (Fsp3) is 0.100. The molecule has 4 rings (SSSR count). The van der Waals surface area contributed by atoms with Gasteiger partial charge in [-0.1, -0.05) is 57.4 Å². The topological polar surface area (TPSA) is 117 Å². The van der Waals surface area contributed by atoms with Crippen molar-refractivity contribution >= 4 is 67.0 Å². The van der Waals surface area contributed by atoms with E-state index in [2.05, 4.69) is 31.8 Å². The van der Waals surface area contributed by atoms with Crippen molar-refractivity contribution in [1.29, 1.82) is 0 Å². The van der Waals surface area contributed by atoms with Gasteiger partial charge in [-0.05, 0) is 85.3 Å². The Morgan fingerprint density at radius 1 is 0.952 bits per heavy atom. The number of ether oxygens (including phenoxy) is 1. The van der Waals surface area contributed by atoms with Crippen LogP contribution in [0.2, 0.25) is 5.02 Å². The molecule has 0 spiro atoms. The second kappa shape index (κ2) is 14.1. The summed E-state index contributed by atoms with van der Waals surface area (Å²) in [5.74, 6) is -0.511. The highest BCUT2D eigenvalue weighted by Gasteiger charge is 2.27. The molecular formula is C30H26BrClN4O5S. The lowest BCUT2D eigenvalue weighted by atomic mass is 10.2. The highest BCUT2D eigenvalue weighted by molar-refractivity contribution is 9.10. The van der Waals surface area contributed by atoms with Gasteiger partial charge in [0.05, 0.1) is 16.8 Å².